The molecule has 2 rings (SSSR count). The summed E-state index contributed by atoms with van der Waals surface area (Å²) in [4.78, 5) is 22.5. The molecule has 8 heteroatoms. The van der Waals surface area contributed by atoms with Gasteiger partial charge in [0.15, 0.2) is 5.82 Å². The van der Waals surface area contributed by atoms with Crippen LogP contribution in [-0.2, 0) is 4.79 Å². The molecule has 0 radical (unpaired) electrons. The number of halogens is 1. The molecule has 0 amide bonds. The van der Waals surface area contributed by atoms with Gasteiger partial charge in [0.05, 0.1) is 4.92 Å². The van der Waals surface area contributed by atoms with Crippen LogP contribution in [0.3, 0.4) is 0 Å². The van der Waals surface area contributed by atoms with Crippen molar-refractivity contribution in [2.75, 3.05) is 18.0 Å². The minimum Gasteiger partial charge on any atom is -0.473 e. The van der Waals surface area contributed by atoms with E-state index in [1.807, 2.05) is 0 Å². The van der Waals surface area contributed by atoms with Crippen LogP contribution in [0.25, 0.3) is 0 Å². The van der Waals surface area contributed by atoms with Crippen molar-refractivity contribution >= 4 is 23.3 Å². The van der Waals surface area contributed by atoms with Gasteiger partial charge in [0.1, 0.15) is 0 Å². The zero-order valence-electron chi connectivity index (χ0n) is 9.67. The second kappa shape index (κ2) is 5.15. The van der Waals surface area contributed by atoms with Crippen LogP contribution in [0.5, 0.6) is 0 Å². The number of carboxylic acids is 1. The average Bonchev–Trinajstić information content (AvgIpc) is 2.78. The Morgan fingerprint density at radius 2 is 2.05 bits per heavy atom. The third-order valence-corrected chi connectivity index (χ3v) is 2.90. The molecule has 0 aliphatic carbocycles. The number of benzene rings is 1. The molecule has 1 aliphatic heterocycles. The van der Waals surface area contributed by atoms with Crippen molar-refractivity contribution in [3.63, 3.8) is 0 Å². The average molecular weight is 284 g/mol. The Labute approximate surface area is 113 Å². The van der Waals surface area contributed by atoms with Crippen molar-refractivity contribution in [3.05, 3.63) is 50.9 Å². The second-order valence-electron chi connectivity index (χ2n) is 3.81. The van der Waals surface area contributed by atoms with Crippen LogP contribution in [0.4, 0.5) is 5.69 Å². The normalized spacial score (nSPS) is 17.0. The minimum absolute atomic E-state index is 0.0141. The molecule has 0 aromatic heterocycles. The number of rotatable bonds is 3. The first-order valence-corrected chi connectivity index (χ1v) is 5.77. The van der Waals surface area contributed by atoms with E-state index < -0.39 is 16.6 Å². The molecule has 1 aliphatic rings. The number of nitrogens with one attached hydrogen (secondary N) is 1. The molecule has 1 saturated heterocycles. The van der Waals surface area contributed by atoms with Gasteiger partial charge >= 0.3 is 11.7 Å². The van der Waals surface area contributed by atoms with Gasteiger partial charge < -0.3 is 15.3 Å². The molecule has 100 valence electrons. The van der Waals surface area contributed by atoms with Gasteiger partial charge in [-0.1, -0.05) is 11.6 Å². The summed E-state index contributed by atoms with van der Waals surface area (Å²) in [7, 11) is 0. The Morgan fingerprint density at radius 1 is 1.42 bits per heavy atom. The van der Waals surface area contributed by atoms with Crippen LogP contribution < -0.4 is 10.2 Å². The van der Waals surface area contributed by atoms with Crippen molar-refractivity contribution in [2.45, 2.75) is 0 Å². The van der Waals surface area contributed by atoms with Crippen LogP contribution in [-0.4, -0.2) is 29.1 Å². The summed E-state index contributed by atoms with van der Waals surface area (Å²) < 4.78 is 0. The number of carboxylic acid groups (broad SMARTS) is 1. The van der Waals surface area contributed by atoms with E-state index in [0.29, 0.717) is 23.8 Å². The van der Waals surface area contributed by atoms with E-state index in [2.05, 4.69) is 5.32 Å². The van der Waals surface area contributed by atoms with E-state index in [9.17, 15) is 14.9 Å². The first-order chi connectivity index (χ1) is 9.00. The number of carbonyl (C=O) groups is 1. The summed E-state index contributed by atoms with van der Waals surface area (Å²) in [5.41, 5.74) is -0.225. The zero-order valence-corrected chi connectivity index (χ0v) is 10.4. The molecule has 0 spiro atoms. The number of nitrogens with zero attached hydrogens (tertiary/aromatic N) is 2. The Morgan fingerprint density at radius 3 is 2.58 bits per heavy atom. The van der Waals surface area contributed by atoms with Gasteiger partial charge in [0, 0.05) is 23.8 Å². The Balaban J connectivity index is 2.45. The third-order valence-electron chi connectivity index (χ3n) is 2.65. The number of anilines is 1. The smallest absolute Gasteiger partial charge is 0.411 e. The van der Waals surface area contributed by atoms with Gasteiger partial charge in [-0.05, 0) is 24.3 Å². The van der Waals surface area contributed by atoms with Crippen LogP contribution >= 0.6 is 11.6 Å². The summed E-state index contributed by atoms with van der Waals surface area (Å²) in [5.74, 6) is -1.59. The molecule has 0 bridgehead atoms. The van der Waals surface area contributed by atoms with Crippen LogP contribution in [0.2, 0.25) is 5.02 Å². The van der Waals surface area contributed by atoms with E-state index in [0.717, 1.165) is 0 Å². The molecule has 1 aromatic rings. The SMILES string of the molecule is O=C(O)C(=C1NCCN1c1ccc(Cl)cc1)[N+](=O)[O-]. The third kappa shape index (κ3) is 2.60. The van der Waals surface area contributed by atoms with Crippen molar-refractivity contribution in [1.29, 1.82) is 0 Å². The fourth-order valence-corrected chi connectivity index (χ4v) is 1.98. The predicted octanol–water partition coefficient (Wildman–Crippen LogP) is 1.28. The van der Waals surface area contributed by atoms with Crippen molar-refractivity contribution in [3.8, 4) is 0 Å². The predicted molar refractivity (Wildman–Crippen MR) is 68.5 cm³/mol. The first-order valence-electron chi connectivity index (χ1n) is 5.39. The molecule has 0 saturated carbocycles. The standard InChI is InChI=1S/C11H10ClN3O4/c12-7-1-3-8(4-2-7)14-6-5-13-10(14)9(11(16)17)15(18)19/h1-4,13H,5-6H2,(H,16,17). The maximum absolute atomic E-state index is 11.0. The summed E-state index contributed by atoms with van der Waals surface area (Å²) >= 11 is 5.77. The Bertz CT molecular complexity index is 540. The number of nitro groups is 1. The number of aliphatic carboxylic acids is 1. The highest BCUT2D eigenvalue weighted by Crippen LogP contribution is 2.24. The second-order valence-corrected chi connectivity index (χ2v) is 4.25. The quantitative estimate of drug-likeness (QED) is 0.493. The van der Waals surface area contributed by atoms with Gasteiger partial charge in [-0.15, -0.1) is 0 Å². The highest BCUT2D eigenvalue weighted by atomic mass is 35.5. The lowest BCUT2D eigenvalue weighted by atomic mass is 10.3. The fraction of sp³-hybridized carbons (Fsp3) is 0.182. The van der Waals surface area contributed by atoms with E-state index in [-0.39, 0.29) is 5.82 Å². The molecule has 2 N–H and O–H groups in total. The van der Waals surface area contributed by atoms with Crippen molar-refractivity contribution in [1.82, 2.24) is 5.32 Å². The van der Waals surface area contributed by atoms with Crippen molar-refractivity contribution < 1.29 is 14.8 Å². The monoisotopic (exact) mass is 283 g/mol. The van der Waals surface area contributed by atoms with Gasteiger partial charge in [-0.3, -0.25) is 10.1 Å². The van der Waals surface area contributed by atoms with Gasteiger partial charge in [0.2, 0.25) is 0 Å². The van der Waals surface area contributed by atoms with Crippen molar-refractivity contribution in [2.24, 2.45) is 0 Å². The summed E-state index contributed by atoms with van der Waals surface area (Å²) in [6, 6.07) is 6.63. The van der Waals surface area contributed by atoms with Crippen LogP contribution in [0.1, 0.15) is 0 Å². The Hall–Kier alpha value is -2.28. The lowest BCUT2D eigenvalue weighted by molar-refractivity contribution is -0.422. The molecule has 1 aromatic carbocycles. The van der Waals surface area contributed by atoms with E-state index in [1.54, 1.807) is 29.2 Å². The van der Waals surface area contributed by atoms with E-state index in [1.165, 1.54) is 0 Å². The van der Waals surface area contributed by atoms with Gasteiger partial charge in [0.25, 0.3) is 0 Å². The first kappa shape index (κ1) is 13.2. The molecule has 0 unspecified atom stereocenters. The highest BCUT2D eigenvalue weighted by Gasteiger charge is 2.34. The molecule has 1 fully saturated rings. The van der Waals surface area contributed by atoms with Gasteiger partial charge in [-0.2, -0.15) is 0 Å². The van der Waals surface area contributed by atoms with E-state index in [4.69, 9.17) is 16.7 Å². The Kier molecular flexibility index (Phi) is 3.57. The molecular formula is C11H10ClN3O4. The molecule has 0 atom stereocenters. The number of hydrogen-bond donors (Lipinski definition) is 2. The molecular weight excluding hydrogens is 274 g/mol. The molecule has 7 nitrogen and oxygen atoms in total. The summed E-state index contributed by atoms with van der Waals surface area (Å²) in [6.45, 7) is 0.879. The maximum Gasteiger partial charge on any atom is 0.411 e. The minimum atomic E-state index is -1.58. The largest absolute Gasteiger partial charge is 0.473 e. The molecule has 19 heavy (non-hydrogen) atoms. The van der Waals surface area contributed by atoms with Crippen LogP contribution in [0.15, 0.2) is 35.8 Å². The van der Waals surface area contributed by atoms with Crippen LogP contribution in [0, 0.1) is 10.1 Å². The molecule has 1 heterocycles. The lowest BCUT2D eigenvalue weighted by Gasteiger charge is -2.18. The van der Waals surface area contributed by atoms with E-state index >= 15 is 0 Å². The fourth-order valence-electron chi connectivity index (χ4n) is 1.85. The summed E-state index contributed by atoms with van der Waals surface area (Å²) in [5, 5.41) is 23.0. The topological polar surface area (TPSA) is 95.7 Å². The number of hydrogen-bond acceptors (Lipinski definition) is 5. The zero-order chi connectivity index (χ0) is 14.0. The lowest BCUT2D eigenvalue weighted by Crippen LogP contribution is -2.26. The summed E-state index contributed by atoms with van der Waals surface area (Å²) in [6.07, 6.45) is 0. The van der Waals surface area contributed by atoms with Gasteiger partial charge in [-0.25, -0.2) is 4.79 Å². The highest BCUT2D eigenvalue weighted by molar-refractivity contribution is 6.30. The maximum atomic E-state index is 11.0.